The van der Waals surface area contributed by atoms with Gasteiger partial charge in [0.15, 0.2) is 5.13 Å². The molecule has 128 valence electrons. The molecule has 0 bridgehead atoms. The number of carbonyl (C=O) groups excluding carboxylic acids is 1. The van der Waals surface area contributed by atoms with Gasteiger partial charge in [0, 0.05) is 26.2 Å². The molecule has 23 heavy (non-hydrogen) atoms. The Morgan fingerprint density at radius 3 is 2.35 bits per heavy atom. The number of anilines is 1. The van der Waals surface area contributed by atoms with Gasteiger partial charge in [-0.2, -0.15) is 13.2 Å². The summed E-state index contributed by atoms with van der Waals surface area (Å²) in [6.45, 7) is 1.90. The van der Waals surface area contributed by atoms with Crippen molar-refractivity contribution in [3.8, 4) is 0 Å². The summed E-state index contributed by atoms with van der Waals surface area (Å²) in [5.74, 6) is -0.0234. The zero-order chi connectivity index (χ0) is 16.7. The van der Waals surface area contributed by atoms with Crippen LogP contribution < -0.4 is 10.6 Å². The topological polar surface area (TPSA) is 62.5 Å². The molecule has 0 aromatic carbocycles. The molecule has 1 saturated heterocycles. The lowest BCUT2D eigenvalue weighted by Crippen LogP contribution is -2.58. The van der Waals surface area contributed by atoms with Gasteiger partial charge >= 0.3 is 6.18 Å². The van der Waals surface area contributed by atoms with E-state index in [9.17, 15) is 18.0 Å². The molecule has 9 heteroatoms. The lowest BCUT2D eigenvalue weighted by atomic mass is 9.97. The van der Waals surface area contributed by atoms with E-state index in [1.807, 2.05) is 0 Å². The number of alkyl halides is 3. The number of carbonyl (C=O) groups is 1. The highest BCUT2D eigenvalue weighted by atomic mass is 32.1. The van der Waals surface area contributed by atoms with Gasteiger partial charge in [-0.3, -0.25) is 4.79 Å². The fourth-order valence-corrected chi connectivity index (χ4v) is 4.01. The number of halogens is 3. The normalized spacial score (nSPS) is 21.7. The fraction of sp³-hybridized carbons (Fsp3) is 0.714. The van der Waals surface area contributed by atoms with Crippen LogP contribution >= 0.6 is 11.3 Å². The molecule has 2 heterocycles. The van der Waals surface area contributed by atoms with Gasteiger partial charge in [-0.25, -0.2) is 4.98 Å². The van der Waals surface area contributed by atoms with E-state index in [-0.39, 0.29) is 5.91 Å². The highest BCUT2D eigenvalue weighted by Gasteiger charge is 2.41. The van der Waals surface area contributed by atoms with Crippen LogP contribution in [0.15, 0.2) is 6.20 Å². The van der Waals surface area contributed by atoms with E-state index in [1.165, 1.54) is 0 Å². The van der Waals surface area contributed by atoms with Crippen LogP contribution in [0.4, 0.5) is 18.3 Å². The van der Waals surface area contributed by atoms with E-state index in [0.717, 1.165) is 19.0 Å². The van der Waals surface area contributed by atoms with E-state index in [4.69, 9.17) is 5.73 Å². The third-order valence-corrected chi connectivity index (χ3v) is 5.63. The van der Waals surface area contributed by atoms with Crippen LogP contribution in [-0.2, 0) is 11.0 Å². The summed E-state index contributed by atoms with van der Waals surface area (Å²) in [5.41, 5.74) is 5.45. The molecule has 0 unspecified atom stereocenters. The van der Waals surface area contributed by atoms with Gasteiger partial charge in [0.25, 0.3) is 0 Å². The van der Waals surface area contributed by atoms with Crippen LogP contribution in [0.1, 0.15) is 30.6 Å². The number of nitrogens with two attached hydrogens (primary N) is 1. The Labute approximate surface area is 136 Å². The molecule has 0 spiro atoms. The molecule has 1 aromatic rings. The Morgan fingerprint density at radius 1 is 1.22 bits per heavy atom. The number of amides is 1. The Morgan fingerprint density at radius 2 is 1.83 bits per heavy atom. The first kappa shape index (κ1) is 16.5. The second-order valence-electron chi connectivity index (χ2n) is 6.15. The van der Waals surface area contributed by atoms with Gasteiger partial charge in [0.05, 0.1) is 11.7 Å². The summed E-state index contributed by atoms with van der Waals surface area (Å²) < 4.78 is 37.9. The molecule has 2 aliphatic rings. The fourth-order valence-electron chi connectivity index (χ4n) is 3.18. The summed E-state index contributed by atoms with van der Waals surface area (Å²) in [5, 5.41) is 0.354. The molecule has 1 aliphatic heterocycles. The largest absolute Gasteiger partial charge is 0.427 e. The van der Waals surface area contributed by atoms with Gasteiger partial charge in [-0.05, 0) is 12.8 Å². The molecule has 0 atom stereocenters. The summed E-state index contributed by atoms with van der Waals surface area (Å²) >= 11 is 0.642. The molecule has 1 saturated carbocycles. The summed E-state index contributed by atoms with van der Waals surface area (Å²) in [6, 6.07) is 0. The molecule has 5 nitrogen and oxygen atoms in total. The lowest BCUT2D eigenvalue weighted by Gasteiger charge is -2.38. The number of aromatic nitrogens is 1. The predicted octanol–water partition coefficient (Wildman–Crippen LogP) is 2.08. The number of nitrogens with zero attached hydrogens (tertiary/aromatic N) is 3. The predicted molar refractivity (Wildman–Crippen MR) is 81.3 cm³/mol. The Balaban J connectivity index is 1.60. The number of hydrogen-bond donors (Lipinski definition) is 1. The van der Waals surface area contributed by atoms with Crippen molar-refractivity contribution < 1.29 is 18.0 Å². The first-order valence-electron chi connectivity index (χ1n) is 7.66. The summed E-state index contributed by atoms with van der Waals surface area (Å²) in [7, 11) is 0. The highest BCUT2D eigenvalue weighted by Crippen LogP contribution is 2.36. The molecular weight excluding hydrogens is 329 g/mol. The first-order chi connectivity index (χ1) is 10.8. The minimum Gasteiger partial charge on any atom is -0.345 e. The van der Waals surface area contributed by atoms with Gasteiger partial charge < -0.3 is 15.5 Å². The average Bonchev–Trinajstić information content (AvgIpc) is 3.16. The van der Waals surface area contributed by atoms with E-state index in [2.05, 4.69) is 4.98 Å². The van der Waals surface area contributed by atoms with Crippen LogP contribution in [0.25, 0.3) is 0 Å². The van der Waals surface area contributed by atoms with Crippen LogP contribution in [0.2, 0.25) is 0 Å². The zero-order valence-corrected chi connectivity index (χ0v) is 13.4. The van der Waals surface area contributed by atoms with Crippen molar-refractivity contribution in [3.63, 3.8) is 0 Å². The van der Waals surface area contributed by atoms with Gasteiger partial charge in [0.1, 0.15) is 4.88 Å². The molecule has 2 fully saturated rings. The monoisotopic (exact) mass is 348 g/mol. The zero-order valence-electron chi connectivity index (χ0n) is 12.6. The molecule has 1 amide bonds. The minimum atomic E-state index is -4.36. The van der Waals surface area contributed by atoms with Crippen LogP contribution in [0.3, 0.4) is 0 Å². The maximum Gasteiger partial charge on any atom is 0.427 e. The molecule has 1 aliphatic carbocycles. The number of piperazine rings is 1. The van der Waals surface area contributed by atoms with E-state index in [0.29, 0.717) is 55.5 Å². The first-order valence-corrected chi connectivity index (χ1v) is 8.47. The van der Waals surface area contributed by atoms with Gasteiger partial charge in [0.2, 0.25) is 5.91 Å². The van der Waals surface area contributed by atoms with Gasteiger partial charge in [-0.1, -0.05) is 24.2 Å². The third-order valence-electron chi connectivity index (χ3n) is 4.53. The van der Waals surface area contributed by atoms with Gasteiger partial charge in [-0.15, -0.1) is 0 Å². The highest BCUT2D eigenvalue weighted by molar-refractivity contribution is 7.15. The Kier molecular flexibility index (Phi) is 4.26. The summed E-state index contributed by atoms with van der Waals surface area (Å²) in [6.07, 6.45) is -0.114. The molecule has 0 radical (unpaired) electrons. The van der Waals surface area contributed by atoms with Crippen molar-refractivity contribution in [1.82, 2.24) is 9.88 Å². The second kappa shape index (κ2) is 5.94. The van der Waals surface area contributed by atoms with Crippen molar-refractivity contribution >= 4 is 22.4 Å². The quantitative estimate of drug-likeness (QED) is 0.889. The molecule has 2 N–H and O–H groups in total. The Bertz CT molecular complexity index is 575. The van der Waals surface area contributed by atoms with Crippen LogP contribution in [0, 0.1) is 0 Å². The van der Waals surface area contributed by atoms with Crippen molar-refractivity contribution in [3.05, 3.63) is 11.1 Å². The molecule has 3 rings (SSSR count). The summed E-state index contributed by atoms with van der Waals surface area (Å²) in [4.78, 5) is 19.2. The van der Waals surface area contributed by atoms with E-state index >= 15 is 0 Å². The second-order valence-corrected chi connectivity index (χ2v) is 7.16. The Hall–Kier alpha value is -1.35. The lowest BCUT2D eigenvalue weighted by molar-refractivity contribution is -0.137. The SMILES string of the molecule is NC1(C(=O)N2CCN(c3ncc(C(F)(F)F)s3)CC2)CCCC1. The standard InChI is InChI=1S/C14H19F3N4OS/c15-14(16,17)10-9-19-12(23-10)21-7-5-20(6-8-21)11(22)13(18)3-1-2-4-13/h9H,1-8,18H2. The van der Waals surface area contributed by atoms with Crippen LogP contribution in [0.5, 0.6) is 0 Å². The van der Waals surface area contributed by atoms with Crippen LogP contribution in [-0.4, -0.2) is 47.5 Å². The third kappa shape index (κ3) is 3.30. The van der Waals surface area contributed by atoms with Crippen molar-refractivity contribution in [2.45, 2.75) is 37.4 Å². The van der Waals surface area contributed by atoms with Crippen molar-refractivity contribution in [2.24, 2.45) is 5.73 Å². The number of rotatable bonds is 2. The maximum atomic E-state index is 12.6. The minimum absolute atomic E-state index is 0.0234. The average molecular weight is 348 g/mol. The van der Waals surface area contributed by atoms with E-state index < -0.39 is 16.6 Å². The van der Waals surface area contributed by atoms with Crippen molar-refractivity contribution in [2.75, 3.05) is 31.1 Å². The number of thiazole rings is 1. The smallest absolute Gasteiger partial charge is 0.345 e. The molecule has 1 aromatic heterocycles. The van der Waals surface area contributed by atoms with Crippen molar-refractivity contribution in [1.29, 1.82) is 0 Å². The van der Waals surface area contributed by atoms with E-state index in [1.54, 1.807) is 9.80 Å². The maximum absolute atomic E-state index is 12.6. The number of hydrogen-bond acceptors (Lipinski definition) is 5. The molecular formula is C14H19F3N4OS.